The Bertz CT molecular complexity index is 922. The normalized spacial score (nSPS) is 13.4. The maximum atomic E-state index is 13.3. The fraction of sp³-hybridized carbons (Fsp3) is 0.222. The highest BCUT2D eigenvalue weighted by Crippen LogP contribution is 2.40. The van der Waals surface area contributed by atoms with Gasteiger partial charge in [0.05, 0.1) is 17.2 Å². The number of ether oxygens (including phenoxy) is 1. The van der Waals surface area contributed by atoms with Gasteiger partial charge in [-0.1, -0.05) is 35.3 Å². The van der Waals surface area contributed by atoms with Crippen molar-refractivity contribution in [3.8, 4) is 0 Å². The van der Waals surface area contributed by atoms with E-state index in [1.54, 1.807) is 0 Å². The Balaban J connectivity index is 2.25. The summed E-state index contributed by atoms with van der Waals surface area (Å²) in [6.45, 7) is 0. The van der Waals surface area contributed by atoms with Crippen molar-refractivity contribution in [1.82, 2.24) is 0 Å². The Morgan fingerprint density at radius 2 is 1.66 bits per heavy atom. The smallest absolute Gasteiger partial charge is 0.432 e. The van der Waals surface area contributed by atoms with Gasteiger partial charge in [-0.25, -0.2) is 9.59 Å². The van der Waals surface area contributed by atoms with E-state index >= 15 is 0 Å². The van der Waals surface area contributed by atoms with Crippen LogP contribution in [0.5, 0.6) is 0 Å². The Kier molecular flexibility index (Phi) is 6.67. The summed E-state index contributed by atoms with van der Waals surface area (Å²) < 4.78 is 43.9. The van der Waals surface area contributed by atoms with Gasteiger partial charge in [-0.3, -0.25) is 4.90 Å². The molecule has 2 aromatic carbocycles. The Hall–Kier alpha value is -2.49. The van der Waals surface area contributed by atoms with Crippen molar-refractivity contribution in [3.05, 3.63) is 58.1 Å². The second-order valence-electron chi connectivity index (χ2n) is 5.86. The lowest BCUT2D eigenvalue weighted by atomic mass is 9.93. The molecule has 156 valence electrons. The molecule has 0 unspecified atom stereocenters. The number of alkyl halides is 3. The molecular formula is C18H15Cl2F3N2O4. The van der Waals surface area contributed by atoms with Crippen LogP contribution in [-0.4, -0.2) is 37.4 Å². The zero-order chi connectivity index (χ0) is 22.0. The van der Waals surface area contributed by atoms with Gasteiger partial charge < -0.3 is 15.2 Å². The molecule has 0 aliphatic carbocycles. The van der Waals surface area contributed by atoms with E-state index in [9.17, 15) is 27.9 Å². The standard InChI is InChI=1S/C18H15Cl2F3N2O4/c1-25(16(27)24-11-5-8-13(19)14(20)9-11)12-6-3-10(4-7-12)17(28,15(26)29-2)18(21,22)23/h3-9,28H,1-2H3,(H,24,27)/t17-/m0/s1. The van der Waals surface area contributed by atoms with E-state index in [0.29, 0.717) is 10.7 Å². The molecule has 2 amide bonds. The van der Waals surface area contributed by atoms with Crippen LogP contribution >= 0.6 is 23.2 Å². The summed E-state index contributed by atoms with van der Waals surface area (Å²) in [7, 11) is 2.10. The number of urea groups is 1. The molecule has 0 saturated carbocycles. The number of amides is 2. The average molecular weight is 451 g/mol. The first kappa shape index (κ1) is 22.8. The first-order chi connectivity index (χ1) is 13.4. The highest BCUT2D eigenvalue weighted by molar-refractivity contribution is 6.42. The van der Waals surface area contributed by atoms with E-state index in [0.717, 1.165) is 36.3 Å². The number of nitrogens with zero attached hydrogens (tertiary/aromatic N) is 1. The molecule has 0 fully saturated rings. The minimum Gasteiger partial charge on any atom is -0.466 e. The number of nitrogens with one attached hydrogen (secondary N) is 1. The first-order valence-electron chi connectivity index (χ1n) is 7.89. The average Bonchev–Trinajstić information content (AvgIpc) is 2.68. The third kappa shape index (κ3) is 4.58. The van der Waals surface area contributed by atoms with Crippen LogP contribution in [0.1, 0.15) is 5.56 Å². The molecule has 0 heterocycles. The van der Waals surface area contributed by atoms with Crippen LogP contribution < -0.4 is 10.2 Å². The van der Waals surface area contributed by atoms with Crippen molar-refractivity contribution in [3.63, 3.8) is 0 Å². The number of hydrogen-bond donors (Lipinski definition) is 2. The number of aliphatic hydroxyl groups is 1. The van der Waals surface area contributed by atoms with E-state index in [4.69, 9.17) is 23.2 Å². The van der Waals surface area contributed by atoms with Crippen LogP contribution in [0.2, 0.25) is 10.0 Å². The molecule has 2 aromatic rings. The number of methoxy groups -OCH3 is 1. The number of esters is 1. The summed E-state index contributed by atoms with van der Waals surface area (Å²) in [5, 5.41) is 13.0. The third-order valence-electron chi connectivity index (χ3n) is 4.04. The van der Waals surface area contributed by atoms with Crippen LogP contribution in [0.25, 0.3) is 0 Å². The van der Waals surface area contributed by atoms with Crippen molar-refractivity contribution in [1.29, 1.82) is 0 Å². The Labute approximate surface area is 173 Å². The van der Waals surface area contributed by atoms with Crippen LogP contribution in [-0.2, 0) is 15.1 Å². The number of carbonyl (C=O) groups is 2. The van der Waals surface area contributed by atoms with Crippen LogP contribution in [0, 0.1) is 0 Å². The van der Waals surface area contributed by atoms with Crippen molar-refractivity contribution < 1.29 is 32.6 Å². The number of halogens is 5. The summed E-state index contributed by atoms with van der Waals surface area (Å²) in [6, 6.07) is 7.86. The maximum Gasteiger partial charge on any atom is 0.432 e. The molecular weight excluding hydrogens is 436 g/mol. The highest BCUT2D eigenvalue weighted by Gasteiger charge is 2.62. The minimum atomic E-state index is -5.31. The van der Waals surface area contributed by atoms with Gasteiger partial charge in [0.1, 0.15) is 0 Å². The van der Waals surface area contributed by atoms with E-state index in [1.807, 2.05) is 0 Å². The van der Waals surface area contributed by atoms with E-state index in [1.165, 1.54) is 25.2 Å². The van der Waals surface area contributed by atoms with Gasteiger partial charge in [0, 0.05) is 24.0 Å². The molecule has 0 spiro atoms. The lowest BCUT2D eigenvalue weighted by molar-refractivity contribution is -0.266. The predicted octanol–water partition coefficient (Wildman–Crippen LogP) is 4.58. The summed E-state index contributed by atoms with van der Waals surface area (Å²) in [6.07, 6.45) is -5.31. The molecule has 2 N–H and O–H groups in total. The molecule has 29 heavy (non-hydrogen) atoms. The highest BCUT2D eigenvalue weighted by atomic mass is 35.5. The van der Waals surface area contributed by atoms with Gasteiger partial charge in [0.25, 0.3) is 5.60 Å². The fourth-order valence-electron chi connectivity index (χ4n) is 2.37. The van der Waals surface area contributed by atoms with Crippen molar-refractivity contribution in [2.24, 2.45) is 0 Å². The van der Waals surface area contributed by atoms with Gasteiger partial charge >= 0.3 is 18.2 Å². The fourth-order valence-corrected chi connectivity index (χ4v) is 2.67. The minimum absolute atomic E-state index is 0.195. The van der Waals surface area contributed by atoms with Crippen molar-refractivity contribution >= 4 is 46.6 Å². The number of carbonyl (C=O) groups excluding carboxylic acids is 2. The molecule has 1 atom stereocenters. The monoisotopic (exact) mass is 450 g/mol. The molecule has 6 nitrogen and oxygen atoms in total. The molecule has 0 aliphatic heterocycles. The Morgan fingerprint density at radius 1 is 1.07 bits per heavy atom. The summed E-state index contributed by atoms with van der Waals surface area (Å²) in [5.74, 6) is -1.87. The number of hydrogen-bond acceptors (Lipinski definition) is 4. The number of benzene rings is 2. The second kappa shape index (κ2) is 8.48. The molecule has 0 aromatic heterocycles. The Morgan fingerprint density at radius 3 is 2.14 bits per heavy atom. The van der Waals surface area contributed by atoms with Crippen LogP contribution in [0.15, 0.2) is 42.5 Å². The van der Waals surface area contributed by atoms with Crippen molar-refractivity contribution in [2.45, 2.75) is 11.8 Å². The van der Waals surface area contributed by atoms with Crippen molar-refractivity contribution in [2.75, 3.05) is 24.4 Å². The summed E-state index contributed by atoms with van der Waals surface area (Å²) in [5.41, 5.74) is -4.04. The third-order valence-corrected chi connectivity index (χ3v) is 4.78. The molecule has 0 bridgehead atoms. The second-order valence-corrected chi connectivity index (χ2v) is 6.68. The van der Waals surface area contributed by atoms with E-state index < -0.39 is 29.3 Å². The summed E-state index contributed by atoms with van der Waals surface area (Å²) >= 11 is 11.7. The van der Waals surface area contributed by atoms with Gasteiger partial charge in [0.15, 0.2) is 0 Å². The van der Waals surface area contributed by atoms with Gasteiger partial charge in [-0.05, 0) is 30.3 Å². The predicted molar refractivity (Wildman–Crippen MR) is 102 cm³/mol. The SMILES string of the molecule is COC(=O)[C@@](O)(c1ccc(N(C)C(=O)Nc2ccc(Cl)c(Cl)c2)cc1)C(F)(F)F. The number of rotatable bonds is 4. The first-order valence-corrected chi connectivity index (χ1v) is 8.65. The van der Waals surface area contributed by atoms with Gasteiger partial charge in [-0.2, -0.15) is 13.2 Å². The zero-order valence-corrected chi connectivity index (χ0v) is 16.6. The molecule has 0 radical (unpaired) electrons. The van der Waals surface area contributed by atoms with Gasteiger partial charge in [0.2, 0.25) is 0 Å². The van der Waals surface area contributed by atoms with Crippen LogP contribution in [0.4, 0.5) is 29.3 Å². The maximum absolute atomic E-state index is 13.3. The zero-order valence-electron chi connectivity index (χ0n) is 15.1. The van der Waals surface area contributed by atoms with E-state index in [2.05, 4.69) is 10.1 Å². The molecule has 0 aliphatic rings. The quantitative estimate of drug-likeness (QED) is 0.667. The lowest BCUT2D eigenvalue weighted by Crippen LogP contribution is -2.49. The molecule has 2 rings (SSSR count). The van der Waals surface area contributed by atoms with Crippen LogP contribution in [0.3, 0.4) is 0 Å². The molecule has 0 saturated heterocycles. The number of anilines is 2. The van der Waals surface area contributed by atoms with Gasteiger partial charge in [-0.15, -0.1) is 0 Å². The summed E-state index contributed by atoms with van der Waals surface area (Å²) in [4.78, 5) is 25.0. The molecule has 11 heteroatoms. The largest absolute Gasteiger partial charge is 0.466 e. The lowest BCUT2D eigenvalue weighted by Gasteiger charge is -2.28. The van der Waals surface area contributed by atoms with E-state index in [-0.39, 0.29) is 10.7 Å². The topological polar surface area (TPSA) is 78.9 Å².